The number of aliphatic hydroxyl groups excluding tert-OH is 1. The molecule has 1 unspecified atom stereocenters. The highest BCUT2D eigenvalue weighted by atomic mass is 35.5. The number of ketones is 1. The molecule has 0 aliphatic carbocycles. The maximum atomic E-state index is 13.3. The molecule has 1 aromatic heterocycles. The minimum absolute atomic E-state index is 0.0770. The second kappa shape index (κ2) is 11.3. The van der Waals surface area contributed by atoms with E-state index in [4.69, 9.17) is 21.1 Å². The van der Waals surface area contributed by atoms with Gasteiger partial charge in [0.2, 0.25) is 0 Å². The Morgan fingerprint density at radius 3 is 2.49 bits per heavy atom. The van der Waals surface area contributed by atoms with E-state index in [0.29, 0.717) is 29.2 Å². The predicted molar refractivity (Wildman–Crippen MR) is 138 cm³/mol. The SMILES string of the molecule is CCOC(=O)Cc1ccc(N2C(=O)C(=O)/C(=C(/O)c3cc(OCC)ccc3Cl)C2c2cccnc2)cc1. The van der Waals surface area contributed by atoms with Gasteiger partial charge in [0.25, 0.3) is 11.7 Å². The molecule has 1 amide bonds. The Labute approximate surface area is 219 Å². The van der Waals surface area contributed by atoms with Crippen LogP contribution < -0.4 is 9.64 Å². The number of hydrogen-bond donors (Lipinski definition) is 1. The average Bonchev–Trinajstić information content (AvgIpc) is 3.16. The van der Waals surface area contributed by atoms with Gasteiger partial charge in [0.05, 0.1) is 36.3 Å². The first kappa shape index (κ1) is 25.9. The zero-order chi connectivity index (χ0) is 26.5. The highest BCUT2D eigenvalue weighted by Crippen LogP contribution is 2.43. The molecule has 4 rings (SSSR count). The number of carbonyl (C=O) groups is 3. The highest BCUT2D eigenvalue weighted by Gasteiger charge is 2.47. The van der Waals surface area contributed by atoms with Crippen molar-refractivity contribution in [2.75, 3.05) is 18.1 Å². The third kappa shape index (κ3) is 5.34. The molecule has 1 N–H and O–H groups in total. The number of anilines is 1. The number of ether oxygens (including phenoxy) is 2. The van der Waals surface area contributed by atoms with E-state index in [1.807, 2.05) is 6.92 Å². The van der Waals surface area contributed by atoms with E-state index < -0.39 is 23.5 Å². The largest absolute Gasteiger partial charge is 0.507 e. The van der Waals surface area contributed by atoms with Crippen molar-refractivity contribution >= 4 is 40.7 Å². The fraction of sp³-hybridized carbons (Fsp3) is 0.214. The summed E-state index contributed by atoms with van der Waals surface area (Å²) in [6.45, 7) is 4.23. The standard InChI is InChI=1S/C28H25ClN2O6/c1-3-36-20-11-12-22(29)21(15-20)26(33)24-25(18-6-5-13-30-16-18)31(28(35)27(24)34)19-9-7-17(8-10-19)14-23(32)37-4-2/h5-13,15-16,25,33H,3-4,14H2,1-2H3/b26-24+. The van der Waals surface area contributed by atoms with Crippen LogP contribution in [0.25, 0.3) is 5.76 Å². The van der Waals surface area contributed by atoms with Crippen LogP contribution >= 0.6 is 11.6 Å². The molecule has 3 aromatic rings. The summed E-state index contributed by atoms with van der Waals surface area (Å²) < 4.78 is 10.5. The lowest BCUT2D eigenvalue weighted by Crippen LogP contribution is -2.29. The van der Waals surface area contributed by atoms with Gasteiger partial charge in [0, 0.05) is 23.6 Å². The fourth-order valence-electron chi connectivity index (χ4n) is 4.19. The lowest BCUT2D eigenvalue weighted by Gasteiger charge is -2.25. The molecule has 1 aliphatic heterocycles. The van der Waals surface area contributed by atoms with E-state index in [-0.39, 0.29) is 35.2 Å². The van der Waals surface area contributed by atoms with Crippen LogP contribution in [-0.2, 0) is 25.5 Å². The molecule has 0 spiro atoms. The van der Waals surface area contributed by atoms with Crippen molar-refractivity contribution in [3.8, 4) is 5.75 Å². The number of carbonyl (C=O) groups excluding carboxylic acids is 3. The number of hydrogen-bond acceptors (Lipinski definition) is 7. The fourth-order valence-corrected chi connectivity index (χ4v) is 4.40. The normalized spacial score (nSPS) is 16.6. The number of aliphatic hydroxyl groups is 1. The molecule has 0 radical (unpaired) electrons. The van der Waals surface area contributed by atoms with Gasteiger partial charge in [-0.2, -0.15) is 0 Å². The molecule has 1 saturated heterocycles. The van der Waals surface area contributed by atoms with Crippen molar-refractivity contribution in [1.82, 2.24) is 4.98 Å². The Balaban J connectivity index is 1.82. The lowest BCUT2D eigenvalue weighted by atomic mass is 9.96. The molecule has 0 bridgehead atoms. The number of halogens is 1. The van der Waals surface area contributed by atoms with Crippen molar-refractivity contribution in [2.45, 2.75) is 26.3 Å². The molecule has 2 aromatic carbocycles. The third-order valence-electron chi connectivity index (χ3n) is 5.82. The second-order valence-electron chi connectivity index (χ2n) is 8.18. The van der Waals surface area contributed by atoms with Crippen molar-refractivity contribution in [3.05, 3.63) is 94.3 Å². The quantitative estimate of drug-likeness (QED) is 0.195. The maximum absolute atomic E-state index is 13.3. The van der Waals surface area contributed by atoms with Gasteiger partial charge >= 0.3 is 5.97 Å². The van der Waals surface area contributed by atoms with Crippen LogP contribution in [0.5, 0.6) is 5.75 Å². The Bertz CT molecular complexity index is 1350. The number of aromatic nitrogens is 1. The molecule has 1 atom stereocenters. The topological polar surface area (TPSA) is 106 Å². The Morgan fingerprint density at radius 2 is 1.84 bits per heavy atom. The number of rotatable bonds is 8. The van der Waals surface area contributed by atoms with Gasteiger partial charge in [-0.05, 0) is 61.4 Å². The first-order chi connectivity index (χ1) is 17.8. The summed E-state index contributed by atoms with van der Waals surface area (Å²) in [5, 5.41) is 11.5. The molecule has 1 aliphatic rings. The summed E-state index contributed by atoms with van der Waals surface area (Å²) in [5.74, 6) is -2.00. The molecule has 37 heavy (non-hydrogen) atoms. The zero-order valence-corrected chi connectivity index (χ0v) is 21.1. The first-order valence-corrected chi connectivity index (χ1v) is 12.1. The summed E-state index contributed by atoms with van der Waals surface area (Å²) >= 11 is 6.37. The van der Waals surface area contributed by atoms with E-state index in [1.54, 1.807) is 61.7 Å². The number of benzene rings is 2. The van der Waals surface area contributed by atoms with Crippen LogP contribution in [0.1, 0.15) is 36.6 Å². The Hall–Kier alpha value is -4.17. The van der Waals surface area contributed by atoms with E-state index in [0.717, 1.165) is 0 Å². The Kier molecular flexibility index (Phi) is 7.89. The van der Waals surface area contributed by atoms with Gasteiger partial charge < -0.3 is 14.6 Å². The van der Waals surface area contributed by atoms with Crippen LogP contribution in [0.3, 0.4) is 0 Å². The van der Waals surface area contributed by atoms with Crippen molar-refractivity contribution in [3.63, 3.8) is 0 Å². The Morgan fingerprint density at radius 1 is 1.08 bits per heavy atom. The summed E-state index contributed by atoms with van der Waals surface area (Å²) in [5.41, 5.74) is 1.68. The number of amides is 1. The van der Waals surface area contributed by atoms with E-state index in [9.17, 15) is 19.5 Å². The van der Waals surface area contributed by atoms with Crippen LogP contribution in [-0.4, -0.2) is 41.0 Å². The number of Topliss-reactive ketones (excluding diaryl/α,β-unsaturated/α-hetero) is 1. The summed E-state index contributed by atoms with van der Waals surface area (Å²) in [4.78, 5) is 43.9. The van der Waals surface area contributed by atoms with Gasteiger partial charge in [0.1, 0.15) is 11.5 Å². The van der Waals surface area contributed by atoms with Gasteiger partial charge in [0.15, 0.2) is 0 Å². The molecule has 1 fully saturated rings. The van der Waals surface area contributed by atoms with Crippen LogP contribution in [0, 0.1) is 0 Å². The minimum atomic E-state index is -0.962. The van der Waals surface area contributed by atoms with Crippen molar-refractivity contribution in [2.24, 2.45) is 0 Å². The second-order valence-corrected chi connectivity index (χ2v) is 8.59. The molecular formula is C28H25ClN2O6. The summed E-state index contributed by atoms with van der Waals surface area (Å²) in [6, 6.07) is 13.8. The van der Waals surface area contributed by atoms with E-state index in [1.165, 1.54) is 17.2 Å². The summed E-state index contributed by atoms with van der Waals surface area (Å²) in [6.07, 6.45) is 3.18. The highest BCUT2D eigenvalue weighted by molar-refractivity contribution is 6.52. The smallest absolute Gasteiger partial charge is 0.310 e. The van der Waals surface area contributed by atoms with E-state index >= 15 is 0 Å². The van der Waals surface area contributed by atoms with Crippen LogP contribution in [0.4, 0.5) is 5.69 Å². The van der Waals surface area contributed by atoms with Gasteiger partial charge in [-0.25, -0.2) is 0 Å². The number of esters is 1. The molecule has 2 heterocycles. The molecular weight excluding hydrogens is 496 g/mol. The van der Waals surface area contributed by atoms with Crippen LogP contribution in [0.2, 0.25) is 5.02 Å². The number of nitrogens with zero attached hydrogens (tertiary/aromatic N) is 2. The van der Waals surface area contributed by atoms with Crippen LogP contribution in [0.15, 0.2) is 72.6 Å². The predicted octanol–water partition coefficient (Wildman–Crippen LogP) is 4.87. The van der Waals surface area contributed by atoms with Gasteiger partial charge in [-0.15, -0.1) is 0 Å². The monoisotopic (exact) mass is 520 g/mol. The lowest BCUT2D eigenvalue weighted by molar-refractivity contribution is -0.142. The van der Waals surface area contributed by atoms with Crippen molar-refractivity contribution in [1.29, 1.82) is 0 Å². The molecule has 8 nitrogen and oxygen atoms in total. The van der Waals surface area contributed by atoms with Gasteiger partial charge in [-0.1, -0.05) is 29.8 Å². The third-order valence-corrected chi connectivity index (χ3v) is 6.15. The van der Waals surface area contributed by atoms with Gasteiger partial charge in [-0.3, -0.25) is 24.3 Å². The van der Waals surface area contributed by atoms with Crippen molar-refractivity contribution < 1.29 is 29.0 Å². The zero-order valence-electron chi connectivity index (χ0n) is 20.3. The first-order valence-electron chi connectivity index (χ1n) is 11.7. The maximum Gasteiger partial charge on any atom is 0.310 e. The minimum Gasteiger partial charge on any atom is -0.507 e. The molecule has 9 heteroatoms. The molecule has 0 saturated carbocycles. The average molecular weight is 521 g/mol. The molecule has 190 valence electrons. The van der Waals surface area contributed by atoms with E-state index in [2.05, 4.69) is 4.98 Å². The summed E-state index contributed by atoms with van der Waals surface area (Å²) in [7, 11) is 0. The number of pyridine rings is 1.